The summed E-state index contributed by atoms with van der Waals surface area (Å²) in [7, 11) is -3.17. The van der Waals surface area contributed by atoms with Crippen molar-refractivity contribution in [1.29, 1.82) is 0 Å². The van der Waals surface area contributed by atoms with Gasteiger partial charge in [0, 0.05) is 56.1 Å². The van der Waals surface area contributed by atoms with E-state index in [1.165, 1.54) is 21.6 Å². The van der Waals surface area contributed by atoms with Crippen molar-refractivity contribution in [2.75, 3.05) is 39.0 Å². The molecule has 1 aliphatic rings. The van der Waals surface area contributed by atoms with Crippen molar-refractivity contribution in [3.05, 3.63) is 54.0 Å². The normalized spacial score (nSPS) is 16.3. The van der Waals surface area contributed by atoms with Crippen LogP contribution in [0, 0.1) is 6.92 Å². The fourth-order valence-corrected chi connectivity index (χ4v) is 4.75. The monoisotopic (exact) mass is 484 g/mol. The Labute approximate surface area is 198 Å². The molecule has 1 aromatic carbocycles. The number of nitrogens with zero attached hydrogens (tertiary/aromatic N) is 7. The number of hydrogen-bond acceptors (Lipinski definition) is 8. The minimum absolute atomic E-state index is 0.130. The quantitative estimate of drug-likeness (QED) is 0.520. The lowest BCUT2D eigenvalue weighted by molar-refractivity contribution is 0.0922. The number of carbonyl (C=O) groups excluding carboxylic acids is 1. The molecule has 12 heteroatoms. The molecule has 1 unspecified atom stereocenters. The summed E-state index contributed by atoms with van der Waals surface area (Å²) in [5, 5.41) is 14.4. The number of tetrazole rings is 1. The molecule has 180 valence electrons. The highest BCUT2D eigenvalue weighted by atomic mass is 32.2. The minimum Gasteiger partial charge on any atom is -0.348 e. The van der Waals surface area contributed by atoms with Gasteiger partial charge in [-0.05, 0) is 54.1 Å². The predicted octanol–water partition coefficient (Wildman–Crippen LogP) is 0.728. The van der Waals surface area contributed by atoms with Crippen LogP contribution in [0.4, 0.5) is 0 Å². The van der Waals surface area contributed by atoms with Crippen molar-refractivity contribution in [3.63, 3.8) is 0 Å². The number of piperazine rings is 1. The number of sulfonamides is 1. The highest BCUT2D eigenvalue weighted by molar-refractivity contribution is 7.88. The van der Waals surface area contributed by atoms with Crippen LogP contribution in [0.25, 0.3) is 16.9 Å². The van der Waals surface area contributed by atoms with E-state index in [9.17, 15) is 13.2 Å². The van der Waals surface area contributed by atoms with Gasteiger partial charge in [-0.25, -0.2) is 13.1 Å². The molecule has 1 amide bonds. The molecule has 0 spiro atoms. The third kappa shape index (κ3) is 5.82. The average Bonchev–Trinajstić information content (AvgIpc) is 3.34. The predicted molar refractivity (Wildman–Crippen MR) is 127 cm³/mol. The maximum absolute atomic E-state index is 13.1. The molecule has 0 saturated carbocycles. The Morgan fingerprint density at radius 1 is 1.15 bits per heavy atom. The lowest BCUT2D eigenvalue weighted by atomic mass is 10.0. The van der Waals surface area contributed by atoms with Crippen LogP contribution in [-0.2, 0) is 10.0 Å². The molecule has 2 aromatic heterocycles. The number of amides is 1. The van der Waals surface area contributed by atoms with Crippen LogP contribution in [0.2, 0.25) is 0 Å². The Morgan fingerprint density at radius 2 is 1.91 bits per heavy atom. The van der Waals surface area contributed by atoms with Gasteiger partial charge in [0.2, 0.25) is 10.0 Å². The second-order valence-electron chi connectivity index (χ2n) is 8.58. The summed E-state index contributed by atoms with van der Waals surface area (Å²) in [6.07, 6.45) is 4.49. The molecule has 1 atom stereocenters. The lowest BCUT2D eigenvalue weighted by Gasteiger charge is -2.34. The van der Waals surface area contributed by atoms with Crippen molar-refractivity contribution < 1.29 is 13.2 Å². The maximum Gasteiger partial charge on any atom is 0.251 e. The topological polar surface area (TPSA) is 126 Å². The van der Waals surface area contributed by atoms with Gasteiger partial charge in [-0.2, -0.15) is 4.31 Å². The number of carbonyl (C=O) groups is 1. The van der Waals surface area contributed by atoms with Crippen LogP contribution in [0.5, 0.6) is 0 Å². The number of hydrogen-bond donors (Lipinski definition) is 1. The van der Waals surface area contributed by atoms with Crippen molar-refractivity contribution in [1.82, 2.24) is 39.7 Å². The summed E-state index contributed by atoms with van der Waals surface area (Å²) in [5.41, 5.74) is 3.69. The van der Waals surface area contributed by atoms with Gasteiger partial charge in [-0.1, -0.05) is 6.07 Å². The molecule has 3 heterocycles. The van der Waals surface area contributed by atoms with Gasteiger partial charge >= 0.3 is 0 Å². The van der Waals surface area contributed by atoms with E-state index in [-0.39, 0.29) is 11.9 Å². The fourth-order valence-electron chi connectivity index (χ4n) is 3.92. The Hall–Kier alpha value is -3.22. The van der Waals surface area contributed by atoms with E-state index < -0.39 is 10.0 Å². The van der Waals surface area contributed by atoms with Crippen LogP contribution in [0.1, 0.15) is 22.8 Å². The summed E-state index contributed by atoms with van der Waals surface area (Å²) in [4.78, 5) is 19.8. The fraction of sp³-hybridized carbons (Fsp3) is 0.409. The summed E-state index contributed by atoms with van der Waals surface area (Å²) >= 11 is 0. The second-order valence-corrected chi connectivity index (χ2v) is 10.6. The van der Waals surface area contributed by atoms with E-state index in [1.807, 2.05) is 32.0 Å². The van der Waals surface area contributed by atoms with Crippen molar-refractivity contribution in [3.8, 4) is 16.9 Å². The molecule has 4 rings (SSSR count). The van der Waals surface area contributed by atoms with Crippen molar-refractivity contribution in [2.45, 2.75) is 19.9 Å². The zero-order chi connectivity index (χ0) is 24.3. The molecule has 34 heavy (non-hydrogen) atoms. The van der Waals surface area contributed by atoms with Gasteiger partial charge < -0.3 is 5.32 Å². The van der Waals surface area contributed by atoms with Gasteiger partial charge in [-0.3, -0.25) is 14.7 Å². The Balaban J connectivity index is 1.48. The Kier molecular flexibility index (Phi) is 7.00. The largest absolute Gasteiger partial charge is 0.348 e. The molecule has 0 radical (unpaired) electrons. The number of rotatable bonds is 7. The molecule has 1 aliphatic heterocycles. The van der Waals surface area contributed by atoms with Gasteiger partial charge in [-0.15, -0.1) is 5.10 Å². The zero-order valence-corrected chi connectivity index (χ0v) is 20.2. The molecule has 1 saturated heterocycles. The first-order valence-electron chi connectivity index (χ1n) is 11.0. The molecular weight excluding hydrogens is 456 g/mol. The van der Waals surface area contributed by atoms with Crippen molar-refractivity contribution in [2.24, 2.45) is 0 Å². The summed E-state index contributed by atoms with van der Waals surface area (Å²) in [6.45, 7) is 6.71. The number of benzene rings is 1. The van der Waals surface area contributed by atoms with Crippen molar-refractivity contribution >= 4 is 15.9 Å². The van der Waals surface area contributed by atoms with Gasteiger partial charge in [0.1, 0.15) is 6.33 Å². The van der Waals surface area contributed by atoms with E-state index in [0.29, 0.717) is 44.0 Å². The SMILES string of the molecule is Cc1ccc(-c2cc(C(=O)NC(C)CN3CCN(S(C)(=O)=O)CC3)cc(-n3cnnn3)c2)nc1. The second kappa shape index (κ2) is 9.95. The van der Waals surface area contributed by atoms with E-state index in [2.05, 4.69) is 30.7 Å². The van der Waals surface area contributed by atoms with Crippen LogP contribution >= 0.6 is 0 Å². The molecule has 11 nitrogen and oxygen atoms in total. The maximum atomic E-state index is 13.1. The molecule has 1 fully saturated rings. The van der Waals surface area contributed by atoms with Crippen LogP contribution < -0.4 is 5.32 Å². The Morgan fingerprint density at radius 3 is 2.53 bits per heavy atom. The third-order valence-corrected chi connectivity index (χ3v) is 7.01. The summed E-state index contributed by atoms with van der Waals surface area (Å²) in [5.74, 6) is -0.217. The van der Waals surface area contributed by atoms with Crippen LogP contribution in [-0.4, -0.2) is 93.7 Å². The third-order valence-electron chi connectivity index (χ3n) is 5.71. The van der Waals surface area contributed by atoms with E-state index in [4.69, 9.17) is 0 Å². The number of aryl methyl sites for hydroxylation is 1. The molecule has 0 aliphatic carbocycles. The molecule has 0 bridgehead atoms. The standard InChI is InChI=1S/C22H28N8O3S/c1-16-4-5-21(23-13-16)18-10-19(12-20(11-18)30-15-24-26-27-30)22(31)25-17(2)14-28-6-8-29(9-7-28)34(3,32)33/h4-5,10-13,15,17H,6-9,14H2,1-3H3,(H,25,31). The zero-order valence-electron chi connectivity index (χ0n) is 19.4. The van der Waals surface area contributed by atoms with Gasteiger partial charge in [0.25, 0.3) is 5.91 Å². The Bertz CT molecular complexity index is 1240. The highest BCUT2D eigenvalue weighted by Crippen LogP contribution is 2.23. The van der Waals surface area contributed by atoms with Gasteiger partial charge in [0.15, 0.2) is 0 Å². The van der Waals surface area contributed by atoms with Crippen LogP contribution in [0.15, 0.2) is 42.9 Å². The average molecular weight is 485 g/mol. The summed E-state index contributed by atoms with van der Waals surface area (Å²) in [6, 6.07) is 9.18. The highest BCUT2D eigenvalue weighted by Gasteiger charge is 2.24. The van der Waals surface area contributed by atoms with Crippen LogP contribution in [0.3, 0.4) is 0 Å². The minimum atomic E-state index is -3.17. The first kappa shape index (κ1) is 23.9. The first-order chi connectivity index (χ1) is 16.2. The molecule has 1 N–H and O–H groups in total. The number of nitrogens with one attached hydrogen (secondary N) is 1. The first-order valence-corrected chi connectivity index (χ1v) is 12.8. The number of pyridine rings is 1. The summed E-state index contributed by atoms with van der Waals surface area (Å²) < 4.78 is 26.4. The number of aromatic nitrogens is 5. The van der Waals surface area contributed by atoms with E-state index in [0.717, 1.165) is 16.8 Å². The molecule has 3 aromatic rings. The molecular formula is C22H28N8O3S. The lowest BCUT2D eigenvalue weighted by Crippen LogP contribution is -2.51. The van der Waals surface area contributed by atoms with E-state index >= 15 is 0 Å². The van der Waals surface area contributed by atoms with Gasteiger partial charge in [0.05, 0.1) is 17.6 Å². The van der Waals surface area contributed by atoms with E-state index in [1.54, 1.807) is 18.3 Å². The smallest absolute Gasteiger partial charge is 0.251 e.